The zero-order chi connectivity index (χ0) is 26.5. The summed E-state index contributed by atoms with van der Waals surface area (Å²) in [5, 5.41) is 4.48. The van der Waals surface area contributed by atoms with Crippen LogP contribution in [0.1, 0.15) is 12.5 Å². The Morgan fingerprint density at radius 3 is 2.43 bits per heavy atom. The van der Waals surface area contributed by atoms with E-state index in [1.165, 1.54) is 11.1 Å². The minimum atomic E-state index is -0.533. The number of carbonyl (C=O) groups is 3. The van der Waals surface area contributed by atoms with E-state index in [1.54, 1.807) is 61.5 Å². The number of ether oxygens (including phenoxy) is 2. The van der Waals surface area contributed by atoms with Crippen LogP contribution < -0.4 is 25.2 Å². The summed E-state index contributed by atoms with van der Waals surface area (Å²) in [4.78, 5) is 38.0. The lowest BCUT2D eigenvalue weighted by atomic mass is 10.1. The Hall–Kier alpha value is -3.34. The molecule has 0 bridgehead atoms. The van der Waals surface area contributed by atoms with E-state index in [1.807, 2.05) is 6.07 Å². The van der Waals surface area contributed by atoms with E-state index in [0.717, 1.165) is 0 Å². The van der Waals surface area contributed by atoms with Gasteiger partial charge in [-0.2, -0.15) is 0 Å². The molecule has 1 aliphatic heterocycles. The Morgan fingerprint density at radius 2 is 1.76 bits per heavy atom. The SMILES string of the molecule is CCOc1cc(/C=C2/C(=O)NN(c3ccccc3)C2=O)c(Br)c(Br)c1OCC(=O)Nc1ccc(Cl)cc1. The molecule has 0 atom stereocenters. The molecule has 0 aliphatic carbocycles. The van der Waals surface area contributed by atoms with Gasteiger partial charge in [0, 0.05) is 15.2 Å². The lowest BCUT2D eigenvalue weighted by molar-refractivity contribution is -0.118. The molecule has 11 heteroatoms. The summed E-state index contributed by atoms with van der Waals surface area (Å²) in [7, 11) is 0. The molecule has 1 aliphatic rings. The van der Waals surface area contributed by atoms with Crippen LogP contribution in [-0.2, 0) is 14.4 Å². The number of hydrazine groups is 1. The summed E-state index contributed by atoms with van der Waals surface area (Å²) in [6, 6.07) is 17.1. The van der Waals surface area contributed by atoms with Crippen LogP contribution in [0.5, 0.6) is 11.5 Å². The van der Waals surface area contributed by atoms with Crippen LogP contribution in [-0.4, -0.2) is 30.9 Å². The fraction of sp³-hybridized carbons (Fsp3) is 0.115. The van der Waals surface area contributed by atoms with Crippen molar-refractivity contribution in [2.75, 3.05) is 23.5 Å². The van der Waals surface area contributed by atoms with E-state index in [2.05, 4.69) is 42.6 Å². The summed E-state index contributed by atoms with van der Waals surface area (Å²) in [5.41, 5.74) is 4.15. The highest BCUT2D eigenvalue weighted by atomic mass is 79.9. The van der Waals surface area contributed by atoms with Gasteiger partial charge in [0.05, 0.1) is 16.8 Å². The molecule has 1 fully saturated rings. The summed E-state index contributed by atoms with van der Waals surface area (Å²) in [5.74, 6) is -0.789. The second-order valence-corrected chi connectivity index (χ2v) is 9.70. The molecule has 1 saturated heterocycles. The molecule has 3 aromatic rings. The maximum Gasteiger partial charge on any atom is 0.282 e. The molecule has 0 radical (unpaired) electrons. The first-order valence-electron chi connectivity index (χ1n) is 11.0. The quantitative estimate of drug-likeness (QED) is 0.240. The highest BCUT2D eigenvalue weighted by Crippen LogP contribution is 2.44. The van der Waals surface area contributed by atoms with Crippen LogP contribution >= 0.6 is 43.5 Å². The molecule has 0 aromatic heterocycles. The van der Waals surface area contributed by atoms with Gasteiger partial charge < -0.3 is 14.8 Å². The number of hydrogen-bond acceptors (Lipinski definition) is 5. The highest BCUT2D eigenvalue weighted by molar-refractivity contribution is 9.13. The lowest BCUT2D eigenvalue weighted by Gasteiger charge is -2.16. The second-order valence-electron chi connectivity index (χ2n) is 7.67. The maximum absolute atomic E-state index is 13.0. The lowest BCUT2D eigenvalue weighted by Crippen LogP contribution is -2.35. The summed E-state index contributed by atoms with van der Waals surface area (Å²) in [6.45, 7) is 1.83. The molecule has 3 aromatic carbocycles. The molecule has 190 valence electrons. The van der Waals surface area contributed by atoms with Gasteiger partial charge in [0.2, 0.25) is 0 Å². The van der Waals surface area contributed by atoms with Crippen molar-refractivity contribution in [1.29, 1.82) is 0 Å². The van der Waals surface area contributed by atoms with Gasteiger partial charge in [-0.3, -0.25) is 19.8 Å². The second kappa shape index (κ2) is 11.8. The van der Waals surface area contributed by atoms with E-state index < -0.39 is 11.8 Å². The molecule has 0 spiro atoms. The van der Waals surface area contributed by atoms with Crippen molar-refractivity contribution in [3.05, 3.63) is 85.8 Å². The first-order valence-corrected chi connectivity index (χ1v) is 13.0. The molecular formula is C26H20Br2ClN3O5. The average Bonchev–Trinajstić information content (AvgIpc) is 3.17. The van der Waals surface area contributed by atoms with E-state index in [0.29, 0.717) is 43.3 Å². The van der Waals surface area contributed by atoms with Crippen molar-refractivity contribution in [3.8, 4) is 11.5 Å². The van der Waals surface area contributed by atoms with Crippen LogP contribution in [0.3, 0.4) is 0 Å². The zero-order valence-electron chi connectivity index (χ0n) is 19.4. The zero-order valence-corrected chi connectivity index (χ0v) is 23.3. The number of benzene rings is 3. The van der Waals surface area contributed by atoms with Crippen molar-refractivity contribution in [2.24, 2.45) is 0 Å². The van der Waals surface area contributed by atoms with Crippen LogP contribution in [0.25, 0.3) is 6.08 Å². The number of halogens is 3. The number of para-hydroxylation sites is 1. The average molecular weight is 650 g/mol. The van der Waals surface area contributed by atoms with Gasteiger partial charge in [-0.15, -0.1) is 0 Å². The van der Waals surface area contributed by atoms with Crippen LogP contribution in [0, 0.1) is 0 Å². The minimum absolute atomic E-state index is 0.0464. The van der Waals surface area contributed by atoms with E-state index >= 15 is 0 Å². The summed E-state index contributed by atoms with van der Waals surface area (Å²) < 4.78 is 12.5. The van der Waals surface area contributed by atoms with E-state index in [-0.39, 0.29) is 23.8 Å². The molecule has 0 unspecified atom stereocenters. The normalized spacial score (nSPS) is 14.1. The van der Waals surface area contributed by atoms with Crippen molar-refractivity contribution in [2.45, 2.75) is 6.92 Å². The summed E-state index contributed by atoms with van der Waals surface area (Å²) in [6.07, 6.45) is 1.47. The Morgan fingerprint density at radius 1 is 1.05 bits per heavy atom. The topological polar surface area (TPSA) is 97.0 Å². The van der Waals surface area contributed by atoms with Gasteiger partial charge in [0.25, 0.3) is 17.7 Å². The summed E-state index contributed by atoms with van der Waals surface area (Å²) >= 11 is 12.9. The molecule has 2 N–H and O–H groups in total. The number of amides is 3. The molecule has 1 heterocycles. The van der Waals surface area contributed by atoms with Gasteiger partial charge in [0.15, 0.2) is 18.1 Å². The van der Waals surface area contributed by atoms with Crippen LogP contribution in [0.2, 0.25) is 5.02 Å². The standard InChI is InChI=1S/C26H20Br2ClN3O5/c1-2-36-20-13-15(12-19-25(34)31-32(26(19)35)18-6-4-3-5-7-18)22(27)23(28)24(20)37-14-21(33)30-17-10-8-16(29)9-11-17/h3-13H,2,14H2,1H3,(H,30,33)(H,31,34)/b19-12-. The van der Waals surface area contributed by atoms with Gasteiger partial charge in [-0.05, 0) is 92.9 Å². The fourth-order valence-electron chi connectivity index (χ4n) is 3.45. The van der Waals surface area contributed by atoms with E-state index in [4.69, 9.17) is 21.1 Å². The fourth-order valence-corrected chi connectivity index (χ4v) is 4.52. The maximum atomic E-state index is 13.0. The van der Waals surface area contributed by atoms with Crippen molar-refractivity contribution >= 4 is 78.6 Å². The monoisotopic (exact) mass is 647 g/mol. The molecule has 37 heavy (non-hydrogen) atoms. The molecule has 4 rings (SSSR count). The Balaban J connectivity index is 1.57. The molecular weight excluding hydrogens is 630 g/mol. The predicted molar refractivity (Wildman–Crippen MR) is 149 cm³/mol. The first kappa shape index (κ1) is 26.7. The number of rotatable bonds is 8. The smallest absolute Gasteiger partial charge is 0.282 e. The van der Waals surface area contributed by atoms with Crippen molar-refractivity contribution < 1.29 is 23.9 Å². The number of nitrogens with zero attached hydrogens (tertiary/aromatic N) is 1. The van der Waals surface area contributed by atoms with Crippen molar-refractivity contribution in [3.63, 3.8) is 0 Å². The minimum Gasteiger partial charge on any atom is -0.490 e. The number of hydrogen-bond donors (Lipinski definition) is 2. The number of carbonyl (C=O) groups excluding carboxylic acids is 3. The van der Waals surface area contributed by atoms with Crippen molar-refractivity contribution in [1.82, 2.24) is 5.43 Å². The highest BCUT2D eigenvalue weighted by Gasteiger charge is 2.34. The van der Waals surface area contributed by atoms with Crippen LogP contribution in [0.15, 0.2) is 75.2 Å². The Bertz CT molecular complexity index is 1380. The third kappa shape index (κ3) is 6.15. The molecule has 0 saturated carbocycles. The van der Waals surface area contributed by atoms with Gasteiger partial charge in [0.1, 0.15) is 5.57 Å². The van der Waals surface area contributed by atoms with Crippen LogP contribution in [0.4, 0.5) is 11.4 Å². The Kier molecular flexibility index (Phi) is 8.52. The number of nitrogens with one attached hydrogen (secondary N) is 2. The predicted octanol–water partition coefficient (Wildman–Crippen LogP) is 5.74. The molecule has 3 amide bonds. The Labute approximate surface area is 234 Å². The third-order valence-corrected chi connectivity index (χ3v) is 7.53. The van der Waals surface area contributed by atoms with E-state index in [9.17, 15) is 14.4 Å². The van der Waals surface area contributed by atoms with Gasteiger partial charge in [-0.25, -0.2) is 5.01 Å². The largest absolute Gasteiger partial charge is 0.490 e. The molecule has 8 nitrogen and oxygen atoms in total. The van der Waals surface area contributed by atoms with Gasteiger partial charge in [-0.1, -0.05) is 29.8 Å². The van der Waals surface area contributed by atoms with Gasteiger partial charge >= 0.3 is 0 Å². The first-order chi connectivity index (χ1) is 17.8. The number of anilines is 2. The third-order valence-electron chi connectivity index (χ3n) is 5.14.